The maximum absolute atomic E-state index is 12.8. The second-order valence-corrected chi connectivity index (χ2v) is 7.99. The third-order valence-electron chi connectivity index (χ3n) is 4.92. The van der Waals surface area contributed by atoms with E-state index < -0.39 is 0 Å². The van der Waals surface area contributed by atoms with Crippen molar-refractivity contribution in [3.63, 3.8) is 0 Å². The molecule has 2 aromatic rings. The van der Waals surface area contributed by atoms with Gasteiger partial charge in [0.05, 0.1) is 19.1 Å². The van der Waals surface area contributed by atoms with Crippen LogP contribution >= 0.6 is 11.3 Å². The SMILES string of the molecule is Cc1cccc(NC(=O)CN(CC2CCCO2)C(=O)Cc2cccs2)c1C. The van der Waals surface area contributed by atoms with Crippen molar-refractivity contribution >= 4 is 28.8 Å². The number of anilines is 1. The fraction of sp³-hybridized carbons (Fsp3) is 0.429. The Labute approximate surface area is 164 Å². The average molecular weight is 387 g/mol. The Bertz CT molecular complexity index is 783. The zero-order chi connectivity index (χ0) is 19.2. The summed E-state index contributed by atoms with van der Waals surface area (Å²) in [6, 6.07) is 9.70. The number of thiophene rings is 1. The Kier molecular flexibility index (Phi) is 6.63. The molecule has 2 heterocycles. The van der Waals surface area contributed by atoms with Crippen molar-refractivity contribution in [2.75, 3.05) is 25.0 Å². The van der Waals surface area contributed by atoms with E-state index in [1.807, 2.05) is 49.6 Å². The molecule has 0 spiro atoms. The zero-order valence-corrected chi connectivity index (χ0v) is 16.7. The van der Waals surface area contributed by atoms with Gasteiger partial charge in [-0.2, -0.15) is 0 Å². The minimum Gasteiger partial charge on any atom is -0.376 e. The molecule has 1 aliphatic rings. The molecule has 1 saturated heterocycles. The second kappa shape index (κ2) is 9.15. The van der Waals surface area contributed by atoms with Gasteiger partial charge < -0.3 is 15.0 Å². The highest BCUT2D eigenvalue weighted by molar-refractivity contribution is 7.10. The topological polar surface area (TPSA) is 58.6 Å². The lowest BCUT2D eigenvalue weighted by Crippen LogP contribution is -2.43. The summed E-state index contributed by atoms with van der Waals surface area (Å²) < 4.78 is 5.68. The van der Waals surface area contributed by atoms with E-state index in [1.165, 1.54) is 0 Å². The summed E-state index contributed by atoms with van der Waals surface area (Å²) in [5, 5.41) is 4.91. The van der Waals surface area contributed by atoms with Gasteiger partial charge in [0, 0.05) is 23.7 Å². The van der Waals surface area contributed by atoms with E-state index in [4.69, 9.17) is 4.74 Å². The summed E-state index contributed by atoms with van der Waals surface area (Å²) in [6.07, 6.45) is 2.28. The molecule has 1 unspecified atom stereocenters. The standard InChI is InChI=1S/C21H26N2O3S/c1-15-6-3-9-19(16(15)2)22-20(24)14-23(13-17-7-4-10-26-17)21(25)12-18-8-5-11-27-18/h3,5-6,8-9,11,17H,4,7,10,12-14H2,1-2H3,(H,22,24). The number of hydrogen-bond donors (Lipinski definition) is 1. The van der Waals surface area contributed by atoms with Crippen LogP contribution in [0.2, 0.25) is 0 Å². The van der Waals surface area contributed by atoms with Crippen molar-refractivity contribution in [2.24, 2.45) is 0 Å². The maximum Gasteiger partial charge on any atom is 0.244 e. The number of hydrogen-bond acceptors (Lipinski definition) is 4. The fourth-order valence-corrected chi connectivity index (χ4v) is 3.91. The first-order valence-electron chi connectivity index (χ1n) is 9.31. The molecule has 1 N–H and O–H groups in total. The molecule has 0 saturated carbocycles. The van der Waals surface area contributed by atoms with Crippen molar-refractivity contribution < 1.29 is 14.3 Å². The highest BCUT2D eigenvalue weighted by Crippen LogP contribution is 2.19. The summed E-state index contributed by atoms with van der Waals surface area (Å²) in [4.78, 5) is 28.1. The number of nitrogens with zero attached hydrogens (tertiary/aromatic N) is 1. The Morgan fingerprint density at radius 1 is 1.26 bits per heavy atom. The zero-order valence-electron chi connectivity index (χ0n) is 15.9. The molecule has 1 aromatic carbocycles. The van der Waals surface area contributed by atoms with Crippen molar-refractivity contribution in [1.82, 2.24) is 4.90 Å². The van der Waals surface area contributed by atoms with Gasteiger partial charge in [-0.15, -0.1) is 11.3 Å². The van der Waals surface area contributed by atoms with Gasteiger partial charge in [0.2, 0.25) is 11.8 Å². The van der Waals surface area contributed by atoms with Gasteiger partial charge in [-0.25, -0.2) is 0 Å². The number of nitrogens with one attached hydrogen (secondary N) is 1. The molecule has 5 nitrogen and oxygen atoms in total. The molecule has 144 valence electrons. The molecule has 27 heavy (non-hydrogen) atoms. The van der Waals surface area contributed by atoms with Crippen LogP contribution in [0.1, 0.15) is 28.8 Å². The van der Waals surface area contributed by atoms with Gasteiger partial charge in [-0.3, -0.25) is 9.59 Å². The van der Waals surface area contributed by atoms with E-state index in [9.17, 15) is 9.59 Å². The third-order valence-corrected chi connectivity index (χ3v) is 5.80. The van der Waals surface area contributed by atoms with E-state index in [-0.39, 0.29) is 24.5 Å². The number of benzene rings is 1. The van der Waals surface area contributed by atoms with Crippen LogP contribution in [0.3, 0.4) is 0 Å². The minimum atomic E-state index is -0.179. The number of carbonyl (C=O) groups excluding carboxylic acids is 2. The van der Waals surface area contributed by atoms with E-state index in [0.717, 1.165) is 41.1 Å². The van der Waals surface area contributed by atoms with Crippen LogP contribution in [0.25, 0.3) is 0 Å². The van der Waals surface area contributed by atoms with Crippen molar-refractivity contribution in [1.29, 1.82) is 0 Å². The van der Waals surface area contributed by atoms with E-state index in [1.54, 1.807) is 16.2 Å². The first-order valence-corrected chi connectivity index (χ1v) is 10.2. The highest BCUT2D eigenvalue weighted by Gasteiger charge is 2.24. The summed E-state index contributed by atoms with van der Waals surface area (Å²) in [6.45, 7) is 5.23. The molecule has 0 aliphatic carbocycles. The predicted octanol–water partition coefficient (Wildman–Crippen LogP) is 3.55. The number of rotatable bonds is 7. The first-order chi connectivity index (χ1) is 13.0. The molecule has 0 bridgehead atoms. The lowest BCUT2D eigenvalue weighted by Gasteiger charge is -2.25. The Morgan fingerprint density at radius 3 is 2.81 bits per heavy atom. The van der Waals surface area contributed by atoms with E-state index in [2.05, 4.69) is 5.32 Å². The van der Waals surface area contributed by atoms with Crippen LogP contribution in [0, 0.1) is 13.8 Å². The monoisotopic (exact) mass is 386 g/mol. The summed E-state index contributed by atoms with van der Waals surface area (Å²) >= 11 is 1.56. The van der Waals surface area contributed by atoms with Gasteiger partial charge in [0.1, 0.15) is 0 Å². The lowest BCUT2D eigenvalue weighted by molar-refractivity contribution is -0.135. The molecule has 6 heteroatoms. The molecular weight excluding hydrogens is 360 g/mol. The number of aryl methyl sites for hydroxylation is 1. The van der Waals surface area contributed by atoms with Crippen LogP contribution in [-0.2, 0) is 20.7 Å². The Morgan fingerprint density at radius 2 is 2.11 bits per heavy atom. The minimum absolute atomic E-state index is 0.0193. The molecule has 2 amide bonds. The predicted molar refractivity (Wildman–Crippen MR) is 108 cm³/mol. The van der Waals surface area contributed by atoms with Gasteiger partial charge in [0.25, 0.3) is 0 Å². The number of ether oxygens (including phenoxy) is 1. The Balaban J connectivity index is 1.66. The first kappa shape index (κ1) is 19.6. The molecular formula is C21H26N2O3S. The lowest BCUT2D eigenvalue weighted by atomic mass is 10.1. The fourth-order valence-electron chi connectivity index (χ4n) is 3.21. The summed E-state index contributed by atoms with van der Waals surface area (Å²) in [5.41, 5.74) is 2.96. The van der Waals surface area contributed by atoms with Crippen LogP contribution in [0.4, 0.5) is 5.69 Å². The largest absolute Gasteiger partial charge is 0.376 e. The second-order valence-electron chi connectivity index (χ2n) is 6.96. The molecule has 1 fully saturated rings. The number of amides is 2. The number of carbonyl (C=O) groups is 2. The maximum atomic E-state index is 12.8. The smallest absolute Gasteiger partial charge is 0.244 e. The van der Waals surface area contributed by atoms with Crippen LogP contribution in [0.5, 0.6) is 0 Å². The average Bonchev–Trinajstić information content (AvgIpc) is 3.32. The van der Waals surface area contributed by atoms with Crippen molar-refractivity contribution in [3.05, 3.63) is 51.7 Å². The highest BCUT2D eigenvalue weighted by atomic mass is 32.1. The molecule has 1 aliphatic heterocycles. The molecule has 0 radical (unpaired) electrons. The quantitative estimate of drug-likeness (QED) is 0.792. The normalized spacial score (nSPS) is 16.3. The van der Waals surface area contributed by atoms with Crippen LogP contribution in [-0.4, -0.2) is 42.5 Å². The van der Waals surface area contributed by atoms with Crippen LogP contribution < -0.4 is 5.32 Å². The van der Waals surface area contributed by atoms with Gasteiger partial charge >= 0.3 is 0 Å². The molecule has 3 rings (SSSR count). The van der Waals surface area contributed by atoms with Crippen molar-refractivity contribution in [2.45, 2.75) is 39.2 Å². The van der Waals surface area contributed by atoms with Crippen molar-refractivity contribution in [3.8, 4) is 0 Å². The molecule has 1 atom stereocenters. The van der Waals surface area contributed by atoms with E-state index >= 15 is 0 Å². The third kappa shape index (κ3) is 5.40. The van der Waals surface area contributed by atoms with Crippen LogP contribution in [0.15, 0.2) is 35.7 Å². The van der Waals surface area contributed by atoms with Gasteiger partial charge in [-0.1, -0.05) is 18.2 Å². The van der Waals surface area contributed by atoms with E-state index in [0.29, 0.717) is 13.0 Å². The summed E-state index contributed by atoms with van der Waals surface area (Å²) in [7, 11) is 0. The van der Waals surface area contributed by atoms with Gasteiger partial charge in [-0.05, 0) is 55.3 Å². The molecule has 1 aromatic heterocycles. The summed E-state index contributed by atoms with van der Waals surface area (Å²) in [5.74, 6) is -0.217. The Hall–Kier alpha value is -2.18. The van der Waals surface area contributed by atoms with Gasteiger partial charge in [0.15, 0.2) is 0 Å².